The molecule has 0 unspecified atom stereocenters. The van der Waals surface area contributed by atoms with E-state index >= 15 is 0 Å². The summed E-state index contributed by atoms with van der Waals surface area (Å²) in [6.45, 7) is 37.8. The molecule has 1 N–H and O–H groups in total. The monoisotopic (exact) mass is 897 g/mol. The van der Waals surface area contributed by atoms with Gasteiger partial charge in [0.15, 0.2) is 5.56 Å². The first-order chi connectivity index (χ1) is 21.8. The predicted octanol–water partition coefficient (Wildman–Crippen LogP) is 12.9. The SMILES string of the molecule is CC(C)(C)P(=O)(C(C)(C)C)C(C)(C)C.CC(C)(C)P(=O)(C(C)(C)C)C(C)(C)C.O=C(c1c(O)c2c(ccc3ccccc32)oc1=O)C(F)(F)F.[Eu]. The minimum Gasteiger partial charge on any atom is -0.506 e. The standard InChI is InChI=1S/C15H7F3O4.2C12H27OP.Eu/c16-15(17,18)13(20)11-12(19)10-8-4-2-1-3-7(8)5-6-9(10)22-14(11)21;2*1-10(2,3)14(13,11(4,5)6)12(7,8)9;/h1-6,19H;2*1-9H3;. The fourth-order valence-electron chi connectivity index (χ4n) is 8.33. The molecule has 6 nitrogen and oxygen atoms in total. The molecule has 1 aromatic heterocycles. The van der Waals surface area contributed by atoms with Gasteiger partial charge >= 0.3 is 11.8 Å². The van der Waals surface area contributed by atoms with Crippen LogP contribution in [0.3, 0.4) is 0 Å². The van der Waals surface area contributed by atoms with E-state index in [1.165, 1.54) is 6.07 Å². The minimum atomic E-state index is -5.29. The van der Waals surface area contributed by atoms with Gasteiger partial charge in [-0.1, -0.05) is 155 Å². The molecule has 3 rings (SSSR count). The summed E-state index contributed by atoms with van der Waals surface area (Å²) < 4.78 is 69.0. The van der Waals surface area contributed by atoms with Crippen molar-refractivity contribution in [2.75, 3.05) is 0 Å². The fraction of sp³-hybridized carbons (Fsp3) is 0.641. The van der Waals surface area contributed by atoms with Crippen LogP contribution in [0.25, 0.3) is 21.7 Å². The average molecular weight is 897 g/mol. The normalized spacial score (nSPS) is 13.8. The van der Waals surface area contributed by atoms with E-state index in [1.807, 2.05) is 0 Å². The van der Waals surface area contributed by atoms with Gasteiger partial charge in [0.25, 0.3) is 5.78 Å². The molecule has 0 amide bonds. The number of aromatic hydroxyl groups is 1. The summed E-state index contributed by atoms with van der Waals surface area (Å²) in [4.78, 5) is 23.0. The number of carbonyl (C=O) groups excluding carboxylic acids is 1. The molecule has 0 aliphatic rings. The number of hydrogen-bond acceptors (Lipinski definition) is 6. The Bertz CT molecular complexity index is 1710. The van der Waals surface area contributed by atoms with Crippen molar-refractivity contribution >= 4 is 41.8 Å². The molecule has 0 aliphatic heterocycles. The molecular formula is C39H61EuF3O6P2. The van der Waals surface area contributed by atoms with Gasteiger partial charge in [0.05, 0.1) is 5.39 Å². The Morgan fingerprint density at radius 1 is 0.608 bits per heavy atom. The van der Waals surface area contributed by atoms with Crippen LogP contribution in [-0.4, -0.2) is 48.0 Å². The summed E-state index contributed by atoms with van der Waals surface area (Å²) in [5.41, 5.74) is -3.03. The molecule has 0 saturated heterocycles. The van der Waals surface area contributed by atoms with Crippen LogP contribution >= 0.6 is 14.3 Å². The Balaban J connectivity index is 0.000000765. The Morgan fingerprint density at radius 3 is 1.24 bits per heavy atom. The van der Waals surface area contributed by atoms with Crippen molar-refractivity contribution in [1.82, 2.24) is 0 Å². The summed E-state index contributed by atoms with van der Waals surface area (Å²) in [5, 5.41) is 10.2. The van der Waals surface area contributed by atoms with Crippen molar-refractivity contribution in [2.24, 2.45) is 0 Å². The third-order valence-corrected chi connectivity index (χ3v) is 20.3. The number of carbonyl (C=O) groups is 1. The minimum absolute atomic E-state index is 0. The number of ketones is 1. The van der Waals surface area contributed by atoms with Crippen LogP contribution in [0.5, 0.6) is 5.75 Å². The van der Waals surface area contributed by atoms with Crippen molar-refractivity contribution in [3.63, 3.8) is 0 Å². The summed E-state index contributed by atoms with van der Waals surface area (Å²) in [5.74, 6) is -3.46. The van der Waals surface area contributed by atoms with E-state index in [4.69, 9.17) is 4.42 Å². The van der Waals surface area contributed by atoms with Crippen LogP contribution in [0, 0.1) is 49.4 Å². The van der Waals surface area contributed by atoms with E-state index in [0.29, 0.717) is 10.8 Å². The van der Waals surface area contributed by atoms with E-state index < -0.39 is 43.2 Å². The van der Waals surface area contributed by atoms with Gasteiger partial charge in [-0.25, -0.2) is 4.79 Å². The smallest absolute Gasteiger partial charge is 0.455 e. The Hall–Kier alpha value is -0.786. The molecule has 0 spiro atoms. The quantitative estimate of drug-likeness (QED) is 0.113. The van der Waals surface area contributed by atoms with E-state index in [1.54, 1.807) is 30.3 Å². The van der Waals surface area contributed by atoms with Crippen molar-refractivity contribution in [3.8, 4) is 5.75 Å². The van der Waals surface area contributed by atoms with Crippen LogP contribution in [0.2, 0.25) is 0 Å². The number of rotatable bonds is 1. The third kappa shape index (κ3) is 10.3. The molecule has 12 heteroatoms. The number of hydrogen-bond donors (Lipinski definition) is 1. The fourth-order valence-corrected chi connectivity index (χ4v) is 20.4. The Morgan fingerprint density at radius 2 is 0.941 bits per heavy atom. The van der Waals surface area contributed by atoms with Gasteiger partial charge in [-0.3, -0.25) is 4.79 Å². The van der Waals surface area contributed by atoms with Gasteiger partial charge in [-0.15, -0.1) is 0 Å². The summed E-state index contributed by atoms with van der Waals surface area (Å²) in [7, 11) is -4.54. The van der Waals surface area contributed by atoms with E-state index in [0.717, 1.165) is 0 Å². The Labute approximate surface area is 344 Å². The number of benzene rings is 2. The Kier molecular flexibility index (Phi) is 15.9. The van der Waals surface area contributed by atoms with Crippen LogP contribution in [-0.2, 0) is 9.13 Å². The second-order valence-corrected chi connectivity index (χ2v) is 29.3. The van der Waals surface area contributed by atoms with Crippen molar-refractivity contribution in [2.45, 2.75) is 162 Å². The molecule has 291 valence electrons. The maximum atomic E-state index is 13.3. The number of alkyl halides is 3. The number of fused-ring (bicyclic) bond motifs is 3. The molecule has 2 aromatic carbocycles. The molecule has 0 saturated carbocycles. The maximum Gasteiger partial charge on any atom is 0.455 e. The molecule has 0 atom stereocenters. The maximum absolute atomic E-state index is 13.3. The second-order valence-electron chi connectivity index (χ2n) is 18.8. The van der Waals surface area contributed by atoms with E-state index in [9.17, 15) is 37.0 Å². The topological polar surface area (TPSA) is 102 Å². The van der Waals surface area contributed by atoms with Gasteiger partial charge in [-0.05, 0) is 16.8 Å². The largest absolute Gasteiger partial charge is 0.506 e. The zero-order valence-corrected chi connectivity index (χ0v) is 38.1. The van der Waals surface area contributed by atoms with Gasteiger partial charge in [0, 0.05) is 80.3 Å². The molecule has 1 heterocycles. The van der Waals surface area contributed by atoms with Gasteiger partial charge in [-0.2, -0.15) is 13.2 Å². The van der Waals surface area contributed by atoms with E-state index in [-0.39, 0.29) is 91.3 Å². The van der Waals surface area contributed by atoms with Crippen LogP contribution in [0.4, 0.5) is 13.2 Å². The molecule has 0 fully saturated rings. The van der Waals surface area contributed by atoms with Crippen LogP contribution < -0.4 is 5.63 Å². The zero-order valence-electron chi connectivity index (χ0n) is 33.9. The first kappa shape index (κ1) is 50.2. The molecule has 1 radical (unpaired) electrons. The molecule has 51 heavy (non-hydrogen) atoms. The summed E-state index contributed by atoms with van der Waals surface area (Å²) in [6.07, 6.45) is -5.29. The summed E-state index contributed by atoms with van der Waals surface area (Å²) >= 11 is 0. The predicted molar refractivity (Wildman–Crippen MR) is 206 cm³/mol. The van der Waals surface area contributed by atoms with Gasteiger partial charge < -0.3 is 18.7 Å². The second kappa shape index (κ2) is 16.1. The number of Topliss-reactive ketones (excluding diaryl/α,β-unsaturated/α-hetero) is 1. The first-order valence-corrected chi connectivity index (χ1v) is 20.2. The van der Waals surface area contributed by atoms with Crippen molar-refractivity contribution in [1.29, 1.82) is 0 Å². The molecule has 0 aliphatic carbocycles. The zero-order chi connectivity index (χ0) is 40.1. The average Bonchev–Trinajstić information content (AvgIpc) is 2.88. The van der Waals surface area contributed by atoms with E-state index in [2.05, 4.69) is 125 Å². The van der Waals surface area contributed by atoms with Gasteiger partial charge in [0.2, 0.25) is 0 Å². The third-order valence-electron chi connectivity index (χ3n) is 8.92. The van der Waals surface area contributed by atoms with Gasteiger partial charge in [0.1, 0.15) is 25.6 Å². The first-order valence-electron chi connectivity index (χ1n) is 16.8. The number of halogens is 3. The molecule has 3 aromatic rings. The summed E-state index contributed by atoms with van der Waals surface area (Å²) in [6, 6.07) is 9.46. The molecular weight excluding hydrogens is 835 g/mol. The van der Waals surface area contributed by atoms with Crippen LogP contribution in [0.15, 0.2) is 45.6 Å². The molecule has 0 bridgehead atoms. The van der Waals surface area contributed by atoms with Crippen molar-refractivity contribution in [3.05, 3.63) is 52.4 Å². The van der Waals surface area contributed by atoms with Crippen molar-refractivity contribution < 1.29 is 86.0 Å². The van der Waals surface area contributed by atoms with Crippen LogP contribution in [0.1, 0.15) is 135 Å².